The standard InChI is InChI=1S/C28H24Cl3FN2O3S/c1-3-33(4-2)20-11-9-17(25(14-20)37-16-18-8-10-19(29)13-23(18)31)12-26-27(35)34(28(36)38-26)15-21-22(30)6-5-7-24(21)32/h5-14H,3-4,15-16H2,1-2H3/b26-12+. The molecule has 0 bridgehead atoms. The van der Waals surface area contributed by atoms with E-state index >= 15 is 0 Å². The molecule has 1 saturated heterocycles. The van der Waals surface area contributed by atoms with Gasteiger partial charge in [-0.05, 0) is 68.1 Å². The summed E-state index contributed by atoms with van der Waals surface area (Å²) >= 11 is 19.2. The van der Waals surface area contributed by atoms with Crippen molar-refractivity contribution in [1.29, 1.82) is 0 Å². The van der Waals surface area contributed by atoms with Crippen LogP contribution in [0, 0.1) is 5.82 Å². The summed E-state index contributed by atoms with van der Waals surface area (Å²) in [6, 6.07) is 15.1. The third-order valence-electron chi connectivity index (χ3n) is 6.06. The van der Waals surface area contributed by atoms with Crippen LogP contribution in [0.3, 0.4) is 0 Å². The lowest BCUT2D eigenvalue weighted by Crippen LogP contribution is -2.28. The lowest BCUT2D eigenvalue weighted by molar-refractivity contribution is -0.123. The van der Waals surface area contributed by atoms with Gasteiger partial charge in [-0.25, -0.2) is 4.39 Å². The third kappa shape index (κ3) is 6.29. The van der Waals surface area contributed by atoms with Crippen LogP contribution >= 0.6 is 46.6 Å². The van der Waals surface area contributed by atoms with Gasteiger partial charge in [-0.3, -0.25) is 14.5 Å². The summed E-state index contributed by atoms with van der Waals surface area (Å²) < 4.78 is 20.5. The van der Waals surface area contributed by atoms with Crippen LogP contribution in [0.1, 0.15) is 30.5 Å². The second-order valence-electron chi connectivity index (χ2n) is 8.39. The smallest absolute Gasteiger partial charge is 0.293 e. The quantitative estimate of drug-likeness (QED) is 0.233. The van der Waals surface area contributed by atoms with Crippen molar-refractivity contribution in [2.45, 2.75) is 27.0 Å². The minimum atomic E-state index is -0.580. The van der Waals surface area contributed by atoms with Crippen LogP contribution in [0.2, 0.25) is 15.1 Å². The summed E-state index contributed by atoms with van der Waals surface area (Å²) in [6.45, 7) is 5.64. The Bertz CT molecular complexity index is 1390. The van der Waals surface area contributed by atoms with E-state index in [9.17, 15) is 14.0 Å². The number of thioether (sulfide) groups is 1. The minimum Gasteiger partial charge on any atom is -0.488 e. The first-order chi connectivity index (χ1) is 18.2. The van der Waals surface area contributed by atoms with Crippen LogP contribution in [-0.4, -0.2) is 29.1 Å². The maximum Gasteiger partial charge on any atom is 0.293 e. The molecule has 1 aliphatic heterocycles. The summed E-state index contributed by atoms with van der Waals surface area (Å²) in [5.41, 5.74) is 2.40. The average Bonchev–Trinajstić information content (AvgIpc) is 3.14. The van der Waals surface area contributed by atoms with Gasteiger partial charge in [-0.2, -0.15) is 0 Å². The number of imide groups is 1. The number of nitrogens with zero attached hydrogens (tertiary/aromatic N) is 2. The number of amides is 2. The molecule has 0 saturated carbocycles. The van der Waals surface area contributed by atoms with Gasteiger partial charge in [-0.15, -0.1) is 0 Å². The Balaban J connectivity index is 1.64. The van der Waals surface area contributed by atoms with E-state index < -0.39 is 17.0 Å². The van der Waals surface area contributed by atoms with E-state index in [1.54, 1.807) is 24.3 Å². The topological polar surface area (TPSA) is 49.9 Å². The molecule has 0 unspecified atom stereocenters. The Labute approximate surface area is 240 Å². The van der Waals surface area contributed by atoms with E-state index in [1.165, 1.54) is 18.2 Å². The van der Waals surface area contributed by atoms with Gasteiger partial charge >= 0.3 is 0 Å². The van der Waals surface area contributed by atoms with Crippen LogP contribution in [0.4, 0.5) is 14.9 Å². The maximum absolute atomic E-state index is 14.3. The number of hydrogen-bond donors (Lipinski definition) is 0. The maximum atomic E-state index is 14.3. The van der Waals surface area contributed by atoms with Crippen molar-refractivity contribution in [3.8, 4) is 5.75 Å². The van der Waals surface area contributed by atoms with Gasteiger partial charge < -0.3 is 9.64 Å². The van der Waals surface area contributed by atoms with Crippen LogP contribution in [0.25, 0.3) is 6.08 Å². The summed E-state index contributed by atoms with van der Waals surface area (Å²) in [6.07, 6.45) is 1.61. The highest BCUT2D eigenvalue weighted by Gasteiger charge is 2.36. The fraction of sp³-hybridized carbons (Fsp3) is 0.214. The van der Waals surface area contributed by atoms with Gasteiger partial charge in [-0.1, -0.05) is 46.9 Å². The zero-order valence-corrected chi connectivity index (χ0v) is 23.7. The molecule has 1 aliphatic rings. The van der Waals surface area contributed by atoms with E-state index in [4.69, 9.17) is 39.5 Å². The summed E-state index contributed by atoms with van der Waals surface area (Å²) in [4.78, 5) is 29.2. The number of rotatable bonds is 9. The lowest BCUT2D eigenvalue weighted by Gasteiger charge is -2.22. The van der Waals surface area contributed by atoms with Crippen molar-refractivity contribution >= 4 is 69.5 Å². The first-order valence-electron chi connectivity index (χ1n) is 11.9. The number of anilines is 1. The van der Waals surface area contributed by atoms with Crippen LogP contribution in [0.15, 0.2) is 59.5 Å². The number of hydrogen-bond acceptors (Lipinski definition) is 5. The SMILES string of the molecule is CCN(CC)c1ccc(/C=C2/SC(=O)N(Cc3c(F)cccc3Cl)C2=O)c(OCc2ccc(Cl)cc2Cl)c1. The lowest BCUT2D eigenvalue weighted by atomic mass is 10.1. The predicted octanol–water partition coefficient (Wildman–Crippen LogP) is 8.45. The summed E-state index contributed by atoms with van der Waals surface area (Å²) in [5, 5.41) is 0.648. The molecule has 0 aromatic heterocycles. The minimum absolute atomic E-state index is 0.0881. The first-order valence-corrected chi connectivity index (χ1v) is 13.8. The monoisotopic (exact) mass is 592 g/mol. The van der Waals surface area contributed by atoms with E-state index in [-0.39, 0.29) is 28.6 Å². The molecule has 4 rings (SSSR count). The second kappa shape index (κ2) is 12.4. The Morgan fingerprint density at radius 1 is 1.00 bits per heavy atom. The molecule has 1 heterocycles. The second-order valence-corrected chi connectivity index (χ2v) is 10.6. The molecule has 198 valence electrons. The number of ether oxygens (including phenoxy) is 1. The highest BCUT2D eigenvalue weighted by molar-refractivity contribution is 8.18. The van der Waals surface area contributed by atoms with Gasteiger partial charge in [0.1, 0.15) is 18.2 Å². The zero-order valence-electron chi connectivity index (χ0n) is 20.6. The molecule has 1 fully saturated rings. The van der Waals surface area contributed by atoms with Gasteiger partial charge in [0.05, 0.1) is 11.4 Å². The molecule has 0 radical (unpaired) electrons. The third-order valence-corrected chi connectivity index (χ3v) is 7.91. The number of benzene rings is 3. The summed E-state index contributed by atoms with van der Waals surface area (Å²) in [5.74, 6) is -0.590. The van der Waals surface area contributed by atoms with Crippen molar-refractivity contribution in [3.63, 3.8) is 0 Å². The molecule has 38 heavy (non-hydrogen) atoms. The van der Waals surface area contributed by atoms with Crippen molar-refractivity contribution in [3.05, 3.63) is 97.1 Å². The molecule has 0 spiro atoms. The van der Waals surface area contributed by atoms with Crippen LogP contribution in [-0.2, 0) is 17.9 Å². The van der Waals surface area contributed by atoms with Crippen molar-refractivity contribution in [1.82, 2.24) is 4.90 Å². The molecule has 0 aliphatic carbocycles. The van der Waals surface area contributed by atoms with E-state index in [1.807, 2.05) is 18.2 Å². The van der Waals surface area contributed by atoms with Crippen LogP contribution in [0.5, 0.6) is 5.75 Å². The Morgan fingerprint density at radius 2 is 1.76 bits per heavy atom. The van der Waals surface area contributed by atoms with Crippen molar-refractivity contribution in [2.75, 3.05) is 18.0 Å². The number of carbonyl (C=O) groups excluding carboxylic acids is 2. The van der Waals surface area contributed by atoms with Crippen LogP contribution < -0.4 is 9.64 Å². The van der Waals surface area contributed by atoms with E-state index in [2.05, 4.69) is 18.7 Å². The average molecular weight is 594 g/mol. The largest absolute Gasteiger partial charge is 0.488 e. The number of carbonyl (C=O) groups is 2. The fourth-order valence-electron chi connectivity index (χ4n) is 3.97. The molecule has 10 heteroatoms. The molecular weight excluding hydrogens is 570 g/mol. The number of halogens is 4. The molecule has 2 amide bonds. The van der Waals surface area contributed by atoms with Gasteiger partial charge in [0.15, 0.2) is 0 Å². The van der Waals surface area contributed by atoms with E-state index in [0.717, 1.165) is 41.0 Å². The molecule has 0 atom stereocenters. The van der Waals surface area contributed by atoms with Gasteiger partial charge in [0.2, 0.25) is 0 Å². The molecule has 0 N–H and O–H groups in total. The first kappa shape index (κ1) is 28.3. The van der Waals surface area contributed by atoms with Crippen molar-refractivity contribution in [2.24, 2.45) is 0 Å². The molecular formula is C28H24Cl3FN2O3S. The zero-order chi connectivity index (χ0) is 27.4. The Hall–Kier alpha value is -2.71. The predicted molar refractivity (Wildman–Crippen MR) is 154 cm³/mol. The Morgan fingerprint density at radius 3 is 2.45 bits per heavy atom. The summed E-state index contributed by atoms with van der Waals surface area (Å²) in [7, 11) is 0. The normalized spacial score (nSPS) is 14.5. The molecule has 5 nitrogen and oxygen atoms in total. The van der Waals surface area contributed by atoms with E-state index in [0.29, 0.717) is 21.4 Å². The highest BCUT2D eigenvalue weighted by atomic mass is 35.5. The fourth-order valence-corrected chi connectivity index (χ4v) is 5.48. The highest BCUT2D eigenvalue weighted by Crippen LogP contribution is 2.37. The van der Waals surface area contributed by atoms with Gasteiger partial charge in [0.25, 0.3) is 11.1 Å². The Kier molecular flexibility index (Phi) is 9.26. The van der Waals surface area contributed by atoms with Crippen molar-refractivity contribution < 1.29 is 18.7 Å². The van der Waals surface area contributed by atoms with Gasteiger partial charge in [0, 0.05) is 56.6 Å². The molecule has 3 aromatic carbocycles. The molecule has 3 aromatic rings.